The van der Waals surface area contributed by atoms with Gasteiger partial charge in [-0.1, -0.05) is 34.1 Å². The molecule has 1 saturated heterocycles. The van der Waals surface area contributed by atoms with E-state index in [1.165, 1.54) is 32.4 Å². The fourth-order valence-electron chi connectivity index (χ4n) is 5.16. The highest BCUT2D eigenvalue weighted by Crippen LogP contribution is 2.24. The van der Waals surface area contributed by atoms with E-state index < -0.39 is 0 Å². The van der Waals surface area contributed by atoms with Crippen molar-refractivity contribution >= 4 is 22.9 Å². The largest absolute Gasteiger partial charge is 0.467 e. The van der Waals surface area contributed by atoms with E-state index in [0.29, 0.717) is 18.4 Å². The van der Waals surface area contributed by atoms with Crippen LogP contribution in [0.3, 0.4) is 0 Å². The molecule has 1 aliphatic rings. The van der Waals surface area contributed by atoms with Crippen molar-refractivity contribution in [2.24, 2.45) is 11.8 Å². The summed E-state index contributed by atoms with van der Waals surface area (Å²) in [6, 6.07) is 9.88. The Hall–Kier alpha value is -2.80. The standard InChI is InChI=1S/C31H47N5O2/c1-24(2)13-19-35(20-14-25(3)4)30(37)26-11-12-28-29(22-26)36(18-9-17-34-15-6-5-7-16-34)31(33-28)32-23-27-10-8-21-38-27/h8,10-12,21-22,24-25H,5-7,9,13-20,23H2,1-4H3,(H,32,33). The number of hydrogen-bond donors (Lipinski definition) is 1. The predicted octanol–water partition coefficient (Wildman–Crippen LogP) is 6.65. The lowest BCUT2D eigenvalue weighted by atomic mass is 10.1. The van der Waals surface area contributed by atoms with Crippen molar-refractivity contribution in [3.8, 4) is 0 Å². The van der Waals surface area contributed by atoms with Gasteiger partial charge in [-0.05, 0) is 93.9 Å². The Kier molecular flexibility index (Phi) is 10.3. The zero-order valence-corrected chi connectivity index (χ0v) is 23.9. The van der Waals surface area contributed by atoms with Crippen LogP contribution in [0.1, 0.15) is 82.3 Å². The van der Waals surface area contributed by atoms with Crippen LogP contribution >= 0.6 is 0 Å². The molecule has 0 spiro atoms. The van der Waals surface area contributed by atoms with Gasteiger partial charge in [0.15, 0.2) is 0 Å². The third-order valence-corrected chi connectivity index (χ3v) is 7.54. The van der Waals surface area contributed by atoms with Gasteiger partial charge in [0.25, 0.3) is 5.91 Å². The molecule has 1 N–H and O–H groups in total. The summed E-state index contributed by atoms with van der Waals surface area (Å²) in [4.78, 5) is 23.2. The van der Waals surface area contributed by atoms with Crippen LogP contribution in [-0.2, 0) is 13.1 Å². The zero-order valence-electron chi connectivity index (χ0n) is 23.9. The number of imidazole rings is 1. The SMILES string of the molecule is CC(C)CCN(CCC(C)C)C(=O)c1ccc2nc(NCc3ccco3)n(CCCN3CCCCC3)c2c1. The number of benzene rings is 1. The Labute approximate surface area is 228 Å². The lowest BCUT2D eigenvalue weighted by Crippen LogP contribution is -2.34. The van der Waals surface area contributed by atoms with Crippen molar-refractivity contribution in [1.29, 1.82) is 0 Å². The van der Waals surface area contributed by atoms with Crippen molar-refractivity contribution in [1.82, 2.24) is 19.4 Å². The molecule has 4 rings (SSSR count). The van der Waals surface area contributed by atoms with Crippen molar-refractivity contribution in [2.75, 3.05) is 38.0 Å². The number of aryl methyl sites for hydroxylation is 1. The number of fused-ring (bicyclic) bond motifs is 1. The van der Waals surface area contributed by atoms with Crippen LogP contribution in [0.4, 0.5) is 5.95 Å². The number of hydrogen-bond acceptors (Lipinski definition) is 5. The number of carbonyl (C=O) groups is 1. The summed E-state index contributed by atoms with van der Waals surface area (Å²) in [6.45, 7) is 15.4. The van der Waals surface area contributed by atoms with Crippen LogP contribution in [0.2, 0.25) is 0 Å². The Bertz CT molecular complexity index is 1120. The topological polar surface area (TPSA) is 66.5 Å². The maximum atomic E-state index is 13.7. The summed E-state index contributed by atoms with van der Waals surface area (Å²) >= 11 is 0. The number of carbonyl (C=O) groups excluding carboxylic acids is 1. The van der Waals surface area contributed by atoms with Crippen LogP contribution in [0.25, 0.3) is 11.0 Å². The van der Waals surface area contributed by atoms with E-state index >= 15 is 0 Å². The molecule has 1 aliphatic heterocycles. The number of piperidine rings is 1. The lowest BCUT2D eigenvalue weighted by molar-refractivity contribution is 0.0741. The quantitative estimate of drug-likeness (QED) is 0.257. The first-order valence-corrected chi connectivity index (χ1v) is 14.7. The monoisotopic (exact) mass is 521 g/mol. The van der Waals surface area contributed by atoms with E-state index in [2.05, 4.69) is 48.5 Å². The molecule has 7 heteroatoms. The number of anilines is 1. The van der Waals surface area contributed by atoms with E-state index in [4.69, 9.17) is 9.40 Å². The molecule has 0 saturated carbocycles. The van der Waals surface area contributed by atoms with Crippen LogP contribution in [0.15, 0.2) is 41.0 Å². The molecule has 0 bridgehead atoms. The van der Waals surface area contributed by atoms with E-state index in [1.807, 2.05) is 29.2 Å². The van der Waals surface area contributed by atoms with Crippen LogP contribution in [-0.4, -0.2) is 58.0 Å². The Morgan fingerprint density at radius 3 is 2.42 bits per heavy atom. The first-order valence-electron chi connectivity index (χ1n) is 14.7. The van der Waals surface area contributed by atoms with Gasteiger partial charge in [0.1, 0.15) is 5.76 Å². The maximum Gasteiger partial charge on any atom is 0.253 e. The molecule has 3 aromatic rings. The molecule has 3 heterocycles. The van der Waals surface area contributed by atoms with Crippen molar-refractivity contribution in [3.05, 3.63) is 47.9 Å². The Balaban J connectivity index is 1.56. The fraction of sp³-hybridized carbons (Fsp3) is 0.613. The molecule has 0 radical (unpaired) electrons. The number of rotatable bonds is 14. The van der Waals surface area contributed by atoms with Crippen LogP contribution < -0.4 is 5.32 Å². The zero-order chi connectivity index (χ0) is 26.9. The van der Waals surface area contributed by atoms with E-state index in [0.717, 1.165) is 73.7 Å². The highest BCUT2D eigenvalue weighted by Gasteiger charge is 2.20. The van der Waals surface area contributed by atoms with Gasteiger partial charge in [-0.3, -0.25) is 4.79 Å². The smallest absolute Gasteiger partial charge is 0.253 e. The molecule has 2 aromatic heterocycles. The van der Waals surface area contributed by atoms with Crippen molar-refractivity contribution < 1.29 is 9.21 Å². The van der Waals surface area contributed by atoms with Gasteiger partial charge in [-0.2, -0.15) is 0 Å². The second-order valence-electron chi connectivity index (χ2n) is 11.6. The minimum atomic E-state index is 0.124. The third kappa shape index (κ3) is 7.85. The predicted molar refractivity (Wildman–Crippen MR) is 155 cm³/mol. The number of nitrogens with one attached hydrogen (secondary N) is 1. The molecule has 0 atom stereocenters. The van der Waals surface area contributed by atoms with Crippen LogP contribution in [0, 0.1) is 11.8 Å². The number of nitrogens with zero attached hydrogens (tertiary/aromatic N) is 4. The van der Waals surface area contributed by atoms with E-state index in [9.17, 15) is 4.79 Å². The average Bonchev–Trinajstić information content (AvgIpc) is 3.55. The highest BCUT2D eigenvalue weighted by molar-refractivity contribution is 5.97. The Morgan fingerprint density at radius 1 is 1.03 bits per heavy atom. The lowest BCUT2D eigenvalue weighted by Gasteiger charge is -2.26. The van der Waals surface area contributed by atoms with Crippen molar-refractivity contribution in [2.45, 2.75) is 79.3 Å². The summed E-state index contributed by atoms with van der Waals surface area (Å²) in [5.41, 5.74) is 2.68. The number of likely N-dealkylation sites (tertiary alicyclic amines) is 1. The molecule has 38 heavy (non-hydrogen) atoms. The summed E-state index contributed by atoms with van der Waals surface area (Å²) < 4.78 is 7.79. The van der Waals surface area contributed by atoms with E-state index in [1.54, 1.807) is 6.26 Å². The number of aromatic nitrogens is 2. The number of amides is 1. The molecule has 1 aromatic carbocycles. The second-order valence-corrected chi connectivity index (χ2v) is 11.6. The van der Waals surface area contributed by atoms with Gasteiger partial charge in [-0.25, -0.2) is 4.98 Å². The molecule has 208 valence electrons. The molecular formula is C31H47N5O2. The normalized spacial score (nSPS) is 14.6. The van der Waals surface area contributed by atoms with Crippen molar-refractivity contribution in [3.63, 3.8) is 0 Å². The second kappa shape index (κ2) is 13.8. The summed E-state index contributed by atoms with van der Waals surface area (Å²) in [6.07, 6.45) is 8.74. The molecule has 7 nitrogen and oxygen atoms in total. The van der Waals surface area contributed by atoms with Gasteiger partial charge < -0.3 is 24.1 Å². The fourth-order valence-corrected chi connectivity index (χ4v) is 5.16. The summed E-state index contributed by atoms with van der Waals surface area (Å²) in [5.74, 6) is 2.96. The maximum absolute atomic E-state index is 13.7. The molecule has 1 amide bonds. The average molecular weight is 522 g/mol. The minimum Gasteiger partial charge on any atom is -0.467 e. The first-order chi connectivity index (χ1) is 18.4. The van der Waals surface area contributed by atoms with Gasteiger partial charge >= 0.3 is 0 Å². The Morgan fingerprint density at radius 2 is 1.76 bits per heavy atom. The van der Waals surface area contributed by atoms with Gasteiger partial charge in [0, 0.05) is 25.2 Å². The van der Waals surface area contributed by atoms with Gasteiger partial charge in [0.2, 0.25) is 5.95 Å². The first kappa shape index (κ1) is 28.2. The molecule has 0 unspecified atom stereocenters. The highest BCUT2D eigenvalue weighted by atomic mass is 16.3. The van der Waals surface area contributed by atoms with Gasteiger partial charge in [0.05, 0.1) is 23.8 Å². The van der Waals surface area contributed by atoms with Crippen LogP contribution in [0.5, 0.6) is 0 Å². The van der Waals surface area contributed by atoms with Gasteiger partial charge in [-0.15, -0.1) is 0 Å². The minimum absolute atomic E-state index is 0.124. The van der Waals surface area contributed by atoms with E-state index in [-0.39, 0.29) is 5.91 Å². The third-order valence-electron chi connectivity index (χ3n) is 7.54. The molecule has 0 aliphatic carbocycles. The number of furan rings is 1. The summed E-state index contributed by atoms with van der Waals surface area (Å²) in [7, 11) is 0. The summed E-state index contributed by atoms with van der Waals surface area (Å²) in [5, 5.41) is 3.48. The molecular weight excluding hydrogens is 474 g/mol. The molecule has 1 fully saturated rings.